The Morgan fingerprint density at radius 1 is 1.36 bits per heavy atom. The maximum atomic E-state index is 3.64. The molecule has 0 spiro atoms. The lowest BCUT2D eigenvalue weighted by Gasteiger charge is -2.13. The van der Waals surface area contributed by atoms with E-state index in [1.807, 2.05) is 0 Å². The molecule has 2 rings (SSSR count). The third-order valence-electron chi connectivity index (χ3n) is 3.05. The Labute approximate surface area is 86.5 Å². The first-order valence-corrected chi connectivity index (χ1v) is 5.73. The Morgan fingerprint density at radius 2 is 2.21 bits per heavy atom. The summed E-state index contributed by atoms with van der Waals surface area (Å²) < 4.78 is 0. The summed E-state index contributed by atoms with van der Waals surface area (Å²) in [5.74, 6) is 0. The first-order chi connectivity index (χ1) is 6.92. The number of aryl methyl sites for hydroxylation is 1. The molecule has 1 aromatic rings. The highest BCUT2D eigenvalue weighted by Gasteiger charge is 2.20. The second kappa shape index (κ2) is 4.61. The van der Waals surface area contributed by atoms with Crippen LogP contribution in [0.1, 0.15) is 43.4 Å². The van der Waals surface area contributed by atoms with Gasteiger partial charge in [0.05, 0.1) is 0 Å². The molecule has 1 atom stereocenters. The van der Waals surface area contributed by atoms with Gasteiger partial charge in [0.15, 0.2) is 0 Å². The van der Waals surface area contributed by atoms with Gasteiger partial charge in [-0.25, -0.2) is 0 Å². The quantitative estimate of drug-likeness (QED) is 0.718. The molecule has 0 unspecified atom stereocenters. The highest BCUT2D eigenvalue weighted by Crippen LogP contribution is 2.30. The second-order valence-electron chi connectivity index (χ2n) is 4.10. The van der Waals surface area contributed by atoms with Crippen LogP contribution in [0.3, 0.4) is 0 Å². The van der Waals surface area contributed by atoms with Gasteiger partial charge in [-0.2, -0.15) is 0 Å². The fourth-order valence-electron chi connectivity index (χ4n) is 2.22. The van der Waals surface area contributed by atoms with Gasteiger partial charge in [0.1, 0.15) is 0 Å². The molecule has 0 radical (unpaired) electrons. The van der Waals surface area contributed by atoms with E-state index >= 15 is 0 Å². The van der Waals surface area contributed by atoms with E-state index in [0.29, 0.717) is 6.04 Å². The first-order valence-electron chi connectivity index (χ1n) is 5.73. The van der Waals surface area contributed by atoms with Crippen LogP contribution in [0.5, 0.6) is 0 Å². The van der Waals surface area contributed by atoms with Crippen molar-refractivity contribution in [2.24, 2.45) is 0 Å². The number of unbranched alkanes of at least 4 members (excludes halogenated alkanes) is 1. The maximum Gasteiger partial charge on any atom is 0.0326 e. The van der Waals surface area contributed by atoms with Gasteiger partial charge in [-0.05, 0) is 36.9 Å². The van der Waals surface area contributed by atoms with Crippen LogP contribution in [-0.2, 0) is 6.42 Å². The Kier molecular flexibility index (Phi) is 3.20. The molecule has 0 saturated heterocycles. The predicted octanol–water partition coefficient (Wildman–Crippen LogP) is 3.06. The Balaban J connectivity index is 1.96. The number of benzene rings is 1. The van der Waals surface area contributed by atoms with Gasteiger partial charge in [-0.1, -0.05) is 37.6 Å². The zero-order valence-corrected chi connectivity index (χ0v) is 8.92. The zero-order valence-electron chi connectivity index (χ0n) is 8.92. The minimum atomic E-state index is 0.623. The van der Waals surface area contributed by atoms with Gasteiger partial charge in [0, 0.05) is 6.04 Å². The van der Waals surface area contributed by atoms with Crippen molar-refractivity contribution in [2.75, 3.05) is 6.54 Å². The topological polar surface area (TPSA) is 12.0 Å². The highest BCUT2D eigenvalue weighted by atomic mass is 14.9. The Hall–Kier alpha value is -0.820. The van der Waals surface area contributed by atoms with Crippen LogP contribution in [0.4, 0.5) is 0 Å². The number of nitrogens with one attached hydrogen (secondary N) is 1. The molecule has 0 aromatic heterocycles. The number of hydrogen-bond acceptors (Lipinski definition) is 1. The number of fused-ring (bicyclic) bond motifs is 1. The van der Waals surface area contributed by atoms with Crippen LogP contribution in [-0.4, -0.2) is 6.54 Å². The average Bonchev–Trinajstić information content (AvgIpc) is 2.63. The fraction of sp³-hybridized carbons (Fsp3) is 0.538. The molecule has 1 aromatic carbocycles. The summed E-state index contributed by atoms with van der Waals surface area (Å²) in [6.45, 7) is 3.40. The van der Waals surface area contributed by atoms with Gasteiger partial charge in [0.25, 0.3) is 0 Å². The SMILES string of the molecule is CCCCN[C@@H]1CCc2ccccc21. The molecule has 0 fully saturated rings. The standard InChI is InChI=1S/C13H19N/c1-2-3-10-14-13-9-8-11-6-4-5-7-12(11)13/h4-7,13-14H,2-3,8-10H2,1H3/t13-/m1/s1. The summed E-state index contributed by atoms with van der Waals surface area (Å²) in [7, 11) is 0. The van der Waals surface area contributed by atoms with Crippen molar-refractivity contribution in [2.45, 2.75) is 38.6 Å². The molecular formula is C13H19N. The third-order valence-corrected chi connectivity index (χ3v) is 3.05. The van der Waals surface area contributed by atoms with Crippen molar-refractivity contribution < 1.29 is 0 Å². The summed E-state index contributed by atoms with van der Waals surface area (Å²) in [4.78, 5) is 0. The highest BCUT2D eigenvalue weighted by molar-refractivity contribution is 5.34. The Morgan fingerprint density at radius 3 is 3.07 bits per heavy atom. The molecule has 0 bridgehead atoms. The summed E-state index contributed by atoms with van der Waals surface area (Å²) >= 11 is 0. The van der Waals surface area contributed by atoms with Crippen molar-refractivity contribution in [3.05, 3.63) is 35.4 Å². The van der Waals surface area contributed by atoms with Crippen LogP contribution in [0, 0.1) is 0 Å². The molecular weight excluding hydrogens is 170 g/mol. The largest absolute Gasteiger partial charge is 0.310 e. The molecule has 1 N–H and O–H groups in total. The molecule has 0 heterocycles. The van der Waals surface area contributed by atoms with Crippen LogP contribution < -0.4 is 5.32 Å². The van der Waals surface area contributed by atoms with Gasteiger partial charge in [-0.15, -0.1) is 0 Å². The van der Waals surface area contributed by atoms with Gasteiger partial charge >= 0.3 is 0 Å². The minimum absolute atomic E-state index is 0.623. The van der Waals surface area contributed by atoms with Crippen molar-refractivity contribution in [3.63, 3.8) is 0 Å². The summed E-state index contributed by atoms with van der Waals surface area (Å²) in [5.41, 5.74) is 3.07. The van der Waals surface area contributed by atoms with E-state index in [4.69, 9.17) is 0 Å². The van der Waals surface area contributed by atoms with Gasteiger partial charge in [0.2, 0.25) is 0 Å². The predicted molar refractivity (Wildman–Crippen MR) is 60.4 cm³/mol. The molecule has 0 saturated carbocycles. The molecule has 1 aliphatic carbocycles. The number of rotatable bonds is 4. The lowest BCUT2D eigenvalue weighted by molar-refractivity contribution is 0.518. The monoisotopic (exact) mass is 189 g/mol. The Bertz CT molecular complexity index is 293. The lowest BCUT2D eigenvalue weighted by Crippen LogP contribution is -2.20. The van der Waals surface area contributed by atoms with Crippen molar-refractivity contribution >= 4 is 0 Å². The van der Waals surface area contributed by atoms with Crippen molar-refractivity contribution in [1.82, 2.24) is 5.32 Å². The molecule has 14 heavy (non-hydrogen) atoms. The summed E-state index contributed by atoms with van der Waals surface area (Å²) in [5, 5.41) is 3.64. The second-order valence-corrected chi connectivity index (χ2v) is 4.10. The fourth-order valence-corrected chi connectivity index (χ4v) is 2.22. The van der Waals surface area contributed by atoms with E-state index in [-0.39, 0.29) is 0 Å². The van der Waals surface area contributed by atoms with E-state index in [1.54, 1.807) is 5.56 Å². The van der Waals surface area contributed by atoms with E-state index in [1.165, 1.54) is 31.2 Å². The van der Waals surface area contributed by atoms with E-state index in [9.17, 15) is 0 Å². The van der Waals surface area contributed by atoms with Crippen LogP contribution in [0.25, 0.3) is 0 Å². The van der Waals surface area contributed by atoms with Gasteiger partial charge in [-0.3, -0.25) is 0 Å². The number of hydrogen-bond donors (Lipinski definition) is 1. The molecule has 1 nitrogen and oxygen atoms in total. The molecule has 0 aliphatic heterocycles. The normalized spacial score (nSPS) is 19.6. The van der Waals surface area contributed by atoms with Gasteiger partial charge < -0.3 is 5.32 Å². The first kappa shape index (κ1) is 9.72. The van der Waals surface area contributed by atoms with Crippen molar-refractivity contribution in [1.29, 1.82) is 0 Å². The van der Waals surface area contributed by atoms with E-state index in [2.05, 4.69) is 36.5 Å². The average molecular weight is 189 g/mol. The molecule has 1 heteroatoms. The van der Waals surface area contributed by atoms with E-state index < -0.39 is 0 Å². The molecule has 1 aliphatic rings. The van der Waals surface area contributed by atoms with Crippen LogP contribution in [0.2, 0.25) is 0 Å². The van der Waals surface area contributed by atoms with Crippen molar-refractivity contribution in [3.8, 4) is 0 Å². The summed E-state index contributed by atoms with van der Waals surface area (Å²) in [6, 6.07) is 9.45. The molecule has 76 valence electrons. The molecule has 0 amide bonds. The van der Waals surface area contributed by atoms with Crippen LogP contribution >= 0.6 is 0 Å². The zero-order chi connectivity index (χ0) is 9.80. The lowest BCUT2D eigenvalue weighted by atomic mass is 10.1. The summed E-state index contributed by atoms with van der Waals surface area (Å²) in [6.07, 6.45) is 5.10. The van der Waals surface area contributed by atoms with Crippen LogP contribution in [0.15, 0.2) is 24.3 Å². The minimum Gasteiger partial charge on any atom is -0.310 e. The third kappa shape index (κ3) is 1.98. The maximum absolute atomic E-state index is 3.64. The van der Waals surface area contributed by atoms with E-state index in [0.717, 1.165) is 6.54 Å². The smallest absolute Gasteiger partial charge is 0.0326 e.